The van der Waals surface area contributed by atoms with Crippen LogP contribution >= 0.6 is 0 Å². The summed E-state index contributed by atoms with van der Waals surface area (Å²) in [7, 11) is -1.89. The van der Waals surface area contributed by atoms with Gasteiger partial charge in [0, 0.05) is 12.0 Å². The largest absolute Gasteiger partial charge is 0.409 e. The number of nitrogens with zero attached hydrogens (tertiary/aromatic N) is 2. The molecule has 0 aliphatic rings. The molecular weight excluding hydrogens is 328 g/mol. The molecule has 0 spiro atoms. The Morgan fingerprint density at radius 1 is 1.28 bits per heavy atom. The molecule has 0 aliphatic carbocycles. The maximum atomic E-state index is 12.3. The van der Waals surface area contributed by atoms with Crippen molar-refractivity contribution in [3.63, 3.8) is 0 Å². The maximum absolute atomic E-state index is 12.3. The topological polar surface area (TPSA) is 43.6 Å². The number of ketones is 1. The average molecular weight is 361 g/mol. The summed E-state index contributed by atoms with van der Waals surface area (Å²) in [5.41, 5.74) is 3.65. The molecule has 138 valence electrons. The Bertz CT molecular complexity index is 772. The number of fused-ring (bicyclic) bond motifs is 1. The van der Waals surface area contributed by atoms with E-state index in [-0.39, 0.29) is 16.9 Å². The quantitative estimate of drug-likeness (QED) is 0.499. The highest BCUT2D eigenvalue weighted by Gasteiger charge is 2.39. The van der Waals surface area contributed by atoms with Crippen molar-refractivity contribution in [1.29, 1.82) is 0 Å². The summed E-state index contributed by atoms with van der Waals surface area (Å²) < 4.78 is 8.48. The highest BCUT2D eigenvalue weighted by atomic mass is 28.4. The summed E-state index contributed by atoms with van der Waals surface area (Å²) in [4.78, 5) is 12.3. The van der Waals surface area contributed by atoms with Gasteiger partial charge in [0.05, 0.1) is 23.0 Å². The molecule has 4 nitrogen and oxygen atoms in total. The van der Waals surface area contributed by atoms with Crippen LogP contribution in [-0.2, 0) is 10.8 Å². The first-order valence-electron chi connectivity index (χ1n) is 9.24. The van der Waals surface area contributed by atoms with E-state index in [0.717, 1.165) is 28.9 Å². The number of rotatable bonds is 6. The summed E-state index contributed by atoms with van der Waals surface area (Å²) in [5, 5.41) is 4.87. The van der Waals surface area contributed by atoms with Crippen LogP contribution in [0.2, 0.25) is 18.1 Å². The summed E-state index contributed by atoms with van der Waals surface area (Å²) >= 11 is 0. The van der Waals surface area contributed by atoms with E-state index in [1.165, 1.54) is 0 Å². The molecule has 0 saturated carbocycles. The normalized spacial score (nSPS) is 14.1. The highest BCUT2D eigenvalue weighted by Crippen LogP contribution is 2.39. The first kappa shape index (κ1) is 19.9. The third-order valence-electron chi connectivity index (χ3n) is 5.38. The molecule has 0 bridgehead atoms. The lowest BCUT2D eigenvalue weighted by atomic mass is 10.1. The molecule has 2 aromatic heterocycles. The van der Waals surface area contributed by atoms with Gasteiger partial charge in [-0.3, -0.25) is 4.79 Å². The zero-order valence-electron chi connectivity index (χ0n) is 16.9. The third-order valence-corrected chi connectivity index (χ3v) is 9.93. The van der Waals surface area contributed by atoms with Gasteiger partial charge in [0.15, 0.2) is 14.1 Å². The predicted octanol–water partition coefficient (Wildman–Crippen LogP) is 5.57. The Labute approximate surface area is 152 Å². The molecule has 2 aromatic rings. The van der Waals surface area contributed by atoms with Gasteiger partial charge in [0.1, 0.15) is 0 Å². The molecule has 0 aromatic carbocycles. The van der Waals surface area contributed by atoms with Gasteiger partial charge >= 0.3 is 0 Å². The summed E-state index contributed by atoms with van der Waals surface area (Å²) in [6.07, 6.45) is 1.27. The Hall–Kier alpha value is -1.46. The van der Waals surface area contributed by atoms with Crippen molar-refractivity contribution in [2.24, 2.45) is 0 Å². The van der Waals surface area contributed by atoms with Gasteiger partial charge in [-0.05, 0) is 49.7 Å². The minimum atomic E-state index is -1.89. The standard InChI is InChI=1S/C20H32N2O2Si/c1-9-15-13-18-16(19(23)10-2)11-12-17(22(18)21-15)14(3)24-25(7,8)20(4,5)6/h11-14H,9-10H2,1-8H3. The SMILES string of the molecule is CCC(=O)c1ccc(C(C)O[Si](C)(C)C(C)(C)C)n2nc(CC)cc12. The van der Waals surface area contributed by atoms with E-state index in [2.05, 4.69) is 47.7 Å². The lowest BCUT2D eigenvalue weighted by Crippen LogP contribution is -2.41. The lowest BCUT2D eigenvalue weighted by molar-refractivity contribution is 0.0989. The Morgan fingerprint density at radius 2 is 1.92 bits per heavy atom. The van der Waals surface area contributed by atoms with Crippen molar-refractivity contribution >= 4 is 19.6 Å². The highest BCUT2D eigenvalue weighted by molar-refractivity contribution is 6.74. The second-order valence-corrected chi connectivity index (χ2v) is 13.0. The number of carbonyl (C=O) groups is 1. The van der Waals surface area contributed by atoms with Crippen molar-refractivity contribution in [1.82, 2.24) is 9.61 Å². The molecule has 0 amide bonds. The van der Waals surface area contributed by atoms with Gasteiger partial charge in [0.2, 0.25) is 0 Å². The van der Waals surface area contributed by atoms with E-state index in [0.29, 0.717) is 6.42 Å². The van der Waals surface area contributed by atoms with E-state index in [1.807, 2.05) is 29.6 Å². The van der Waals surface area contributed by atoms with Gasteiger partial charge in [-0.15, -0.1) is 0 Å². The van der Waals surface area contributed by atoms with Gasteiger partial charge in [-0.1, -0.05) is 34.6 Å². The molecular formula is C20H32N2O2Si. The van der Waals surface area contributed by atoms with Gasteiger partial charge in [0.25, 0.3) is 0 Å². The lowest BCUT2D eigenvalue weighted by Gasteiger charge is -2.38. The monoisotopic (exact) mass is 360 g/mol. The molecule has 0 aliphatic heterocycles. The molecule has 0 saturated heterocycles. The Balaban J connectivity index is 2.52. The van der Waals surface area contributed by atoms with Crippen LogP contribution in [0.15, 0.2) is 18.2 Å². The van der Waals surface area contributed by atoms with Crippen LogP contribution in [0.5, 0.6) is 0 Å². The minimum absolute atomic E-state index is 0.0706. The fraction of sp³-hybridized carbons (Fsp3) is 0.600. The molecule has 1 unspecified atom stereocenters. The predicted molar refractivity (Wildman–Crippen MR) is 106 cm³/mol. The smallest absolute Gasteiger partial charge is 0.192 e. The molecule has 0 radical (unpaired) electrons. The van der Waals surface area contributed by atoms with Gasteiger partial charge in [-0.2, -0.15) is 5.10 Å². The van der Waals surface area contributed by atoms with Crippen molar-refractivity contribution < 1.29 is 9.22 Å². The first-order valence-corrected chi connectivity index (χ1v) is 12.1. The van der Waals surface area contributed by atoms with E-state index in [1.54, 1.807) is 0 Å². The van der Waals surface area contributed by atoms with Crippen LogP contribution in [0.25, 0.3) is 5.52 Å². The minimum Gasteiger partial charge on any atom is -0.409 e. The third kappa shape index (κ3) is 3.87. The van der Waals surface area contributed by atoms with E-state index in [4.69, 9.17) is 9.52 Å². The van der Waals surface area contributed by atoms with Gasteiger partial charge in [-0.25, -0.2) is 4.52 Å². The number of aryl methyl sites for hydroxylation is 1. The van der Waals surface area contributed by atoms with E-state index >= 15 is 0 Å². The number of hydrogen-bond donors (Lipinski definition) is 0. The summed E-state index contributed by atoms with van der Waals surface area (Å²) in [6, 6.07) is 5.97. The number of carbonyl (C=O) groups excluding carboxylic acids is 1. The zero-order valence-corrected chi connectivity index (χ0v) is 17.9. The van der Waals surface area contributed by atoms with Crippen molar-refractivity contribution in [2.75, 3.05) is 0 Å². The molecule has 1 atom stereocenters. The number of pyridine rings is 1. The van der Waals surface area contributed by atoms with E-state index in [9.17, 15) is 4.79 Å². The fourth-order valence-corrected chi connectivity index (χ4v) is 4.09. The fourth-order valence-electron chi connectivity index (χ4n) is 2.73. The molecule has 5 heteroatoms. The molecule has 2 heterocycles. The van der Waals surface area contributed by atoms with Crippen LogP contribution < -0.4 is 0 Å². The van der Waals surface area contributed by atoms with Crippen molar-refractivity contribution in [3.05, 3.63) is 35.2 Å². The number of Topliss-reactive ketones (excluding diaryl/α,β-unsaturated/α-hetero) is 1. The Morgan fingerprint density at radius 3 is 2.44 bits per heavy atom. The second-order valence-electron chi connectivity index (χ2n) is 8.26. The Kier molecular flexibility index (Phi) is 5.59. The number of hydrogen-bond acceptors (Lipinski definition) is 3. The first-order chi connectivity index (χ1) is 11.5. The van der Waals surface area contributed by atoms with Crippen LogP contribution in [0.4, 0.5) is 0 Å². The van der Waals surface area contributed by atoms with Crippen LogP contribution in [0, 0.1) is 0 Å². The molecule has 0 fully saturated rings. The summed E-state index contributed by atoms with van der Waals surface area (Å²) in [5.74, 6) is 0.150. The zero-order chi connectivity index (χ0) is 19.0. The average Bonchev–Trinajstić information content (AvgIpc) is 2.95. The summed E-state index contributed by atoms with van der Waals surface area (Å²) in [6.45, 7) is 17.3. The molecule has 2 rings (SSSR count). The van der Waals surface area contributed by atoms with Crippen LogP contribution in [0.3, 0.4) is 0 Å². The van der Waals surface area contributed by atoms with Crippen molar-refractivity contribution in [2.45, 2.75) is 78.6 Å². The molecule has 0 N–H and O–H groups in total. The van der Waals surface area contributed by atoms with Crippen LogP contribution in [-0.4, -0.2) is 23.7 Å². The van der Waals surface area contributed by atoms with Crippen LogP contribution in [0.1, 0.15) is 75.8 Å². The number of aromatic nitrogens is 2. The van der Waals surface area contributed by atoms with Crippen molar-refractivity contribution in [3.8, 4) is 0 Å². The van der Waals surface area contributed by atoms with E-state index < -0.39 is 8.32 Å². The molecule has 25 heavy (non-hydrogen) atoms. The second kappa shape index (κ2) is 7.04. The van der Waals surface area contributed by atoms with Gasteiger partial charge < -0.3 is 4.43 Å². The maximum Gasteiger partial charge on any atom is 0.192 e.